The van der Waals surface area contributed by atoms with Crippen LogP contribution in [0.15, 0.2) is 188 Å². The number of terminal acetylenes is 1. The molecule has 0 unspecified atom stereocenters. The van der Waals surface area contributed by atoms with Crippen molar-refractivity contribution in [3.8, 4) is 51.5 Å². The maximum Gasteiger partial charge on any atom is 0.119 e. The average Bonchev–Trinajstić information content (AvgIpc) is 3.22. The first-order valence-electron chi connectivity index (χ1n) is 17.9. The van der Waals surface area contributed by atoms with Crippen LogP contribution in [-0.2, 0) is 5.41 Å². The Morgan fingerprint density at radius 1 is 0.392 bits per heavy atom. The molecule has 248 valence electrons. The maximum atomic E-state index is 6.09. The molecular weight excluding hydrogens is 617 g/mol. The normalized spacial score (nSPS) is 11.1. The molecule has 1 nitrogen and oxygen atoms in total. The van der Waals surface area contributed by atoms with Gasteiger partial charge in [0.25, 0.3) is 0 Å². The van der Waals surface area contributed by atoms with E-state index in [1.807, 2.05) is 24.3 Å². The second-order valence-corrected chi connectivity index (χ2v) is 13.1. The molecule has 0 aromatic heterocycles. The Hall–Kier alpha value is -6.10. The van der Waals surface area contributed by atoms with Crippen LogP contribution in [0.4, 0.5) is 0 Å². The van der Waals surface area contributed by atoms with Crippen molar-refractivity contribution in [1.82, 2.24) is 0 Å². The predicted octanol–water partition coefficient (Wildman–Crippen LogP) is 12.6. The van der Waals surface area contributed by atoms with Gasteiger partial charge in [-0.2, -0.15) is 0 Å². The number of ether oxygens (including phenoxy) is 1. The highest BCUT2D eigenvalue weighted by molar-refractivity contribution is 5.68. The smallest absolute Gasteiger partial charge is 0.119 e. The molecule has 51 heavy (non-hydrogen) atoms. The lowest BCUT2D eigenvalue weighted by Crippen LogP contribution is -2.29. The monoisotopic (exact) mass is 658 g/mol. The van der Waals surface area contributed by atoms with Crippen LogP contribution in [0.2, 0.25) is 0 Å². The van der Waals surface area contributed by atoms with Gasteiger partial charge in [0, 0.05) is 11.0 Å². The maximum absolute atomic E-state index is 6.09. The zero-order valence-corrected chi connectivity index (χ0v) is 28.9. The second kappa shape index (κ2) is 16.1. The van der Waals surface area contributed by atoms with E-state index in [4.69, 9.17) is 11.2 Å². The summed E-state index contributed by atoms with van der Waals surface area (Å²) in [5, 5.41) is 0. The van der Waals surface area contributed by atoms with Crippen LogP contribution in [0.1, 0.15) is 47.9 Å². The summed E-state index contributed by atoms with van der Waals surface area (Å²) in [4.78, 5) is 0. The van der Waals surface area contributed by atoms with Crippen LogP contribution in [0.25, 0.3) is 33.4 Å². The molecule has 0 atom stereocenters. The molecule has 7 aromatic rings. The van der Waals surface area contributed by atoms with Crippen molar-refractivity contribution in [1.29, 1.82) is 0 Å². The van der Waals surface area contributed by atoms with Gasteiger partial charge in [-0.15, -0.1) is 6.42 Å². The minimum atomic E-state index is -0.356. The predicted molar refractivity (Wildman–Crippen MR) is 214 cm³/mol. The first-order valence-corrected chi connectivity index (χ1v) is 17.9. The summed E-state index contributed by atoms with van der Waals surface area (Å²) in [5.74, 6) is 3.53. The van der Waals surface area contributed by atoms with Gasteiger partial charge >= 0.3 is 0 Å². The SMILES string of the molecule is C#Cc1ccc(OCCCCCC(c2ccc(-c3ccccc3)cc2)(c2ccc(-c3ccccc3)cc2)c2ccc(-c3ccccc3)cc2)cc1. The third kappa shape index (κ3) is 7.72. The van der Waals surface area contributed by atoms with Crippen LogP contribution < -0.4 is 4.74 Å². The number of unbranched alkanes of at least 4 members (excludes halogenated alkanes) is 2. The van der Waals surface area contributed by atoms with Gasteiger partial charge in [0.1, 0.15) is 5.75 Å². The Labute approximate surface area is 303 Å². The largest absolute Gasteiger partial charge is 0.494 e. The summed E-state index contributed by atoms with van der Waals surface area (Å²) >= 11 is 0. The Balaban J connectivity index is 1.24. The highest BCUT2D eigenvalue weighted by Gasteiger charge is 2.36. The van der Waals surface area contributed by atoms with Crippen molar-refractivity contribution in [2.45, 2.75) is 31.1 Å². The topological polar surface area (TPSA) is 9.23 Å². The quantitative estimate of drug-likeness (QED) is 0.0681. The fraction of sp³-hybridized carbons (Fsp3) is 0.120. The van der Waals surface area contributed by atoms with E-state index in [9.17, 15) is 0 Å². The molecule has 0 amide bonds. The zero-order chi connectivity index (χ0) is 34.7. The molecular formula is C50H42O. The van der Waals surface area contributed by atoms with Gasteiger partial charge in [-0.1, -0.05) is 183 Å². The van der Waals surface area contributed by atoms with E-state index < -0.39 is 0 Å². The molecule has 0 saturated carbocycles. The van der Waals surface area contributed by atoms with E-state index in [2.05, 4.69) is 170 Å². The molecule has 0 aliphatic carbocycles. The van der Waals surface area contributed by atoms with E-state index in [1.165, 1.54) is 50.1 Å². The van der Waals surface area contributed by atoms with Crippen molar-refractivity contribution < 1.29 is 4.74 Å². The van der Waals surface area contributed by atoms with Gasteiger partial charge in [-0.3, -0.25) is 0 Å². The van der Waals surface area contributed by atoms with Gasteiger partial charge in [-0.25, -0.2) is 0 Å². The van der Waals surface area contributed by atoms with Crippen molar-refractivity contribution in [2.24, 2.45) is 0 Å². The van der Waals surface area contributed by atoms with Gasteiger partial charge in [0.15, 0.2) is 0 Å². The summed E-state index contributed by atoms with van der Waals surface area (Å²) in [6.07, 6.45) is 9.56. The summed E-state index contributed by atoms with van der Waals surface area (Å²) in [5.41, 5.74) is 11.7. The lowest BCUT2D eigenvalue weighted by Gasteiger charge is -2.37. The third-order valence-corrected chi connectivity index (χ3v) is 9.94. The van der Waals surface area contributed by atoms with E-state index in [1.54, 1.807) is 0 Å². The minimum Gasteiger partial charge on any atom is -0.494 e. The Morgan fingerprint density at radius 3 is 1.14 bits per heavy atom. The van der Waals surface area contributed by atoms with E-state index in [0.29, 0.717) is 6.61 Å². The first-order chi connectivity index (χ1) is 25.2. The lowest BCUT2D eigenvalue weighted by atomic mass is 9.66. The highest BCUT2D eigenvalue weighted by atomic mass is 16.5. The summed E-state index contributed by atoms with van der Waals surface area (Å²) in [7, 11) is 0. The second-order valence-electron chi connectivity index (χ2n) is 13.1. The Morgan fingerprint density at radius 2 is 0.765 bits per heavy atom. The van der Waals surface area contributed by atoms with Crippen molar-refractivity contribution in [3.63, 3.8) is 0 Å². The van der Waals surface area contributed by atoms with Crippen LogP contribution in [0.5, 0.6) is 5.75 Å². The molecule has 0 spiro atoms. The van der Waals surface area contributed by atoms with Crippen LogP contribution >= 0.6 is 0 Å². The number of rotatable bonds is 13. The van der Waals surface area contributed by atoms with Gasteiger partial charge in [-0.05, 0) is 87.2 Å². The summed E-state index contributed by atoms with van der Waals surface area (Å²) in [6.45, 7) is 0.672. The highest BCUT2D eigenvalue weighted by Crippen LogP contribution is 2.45. The zero-order valence-electron chi connectivity index (χ0n) is 28.9. The van der Waals surface area contributed by atoms with Crippen molar-refractivity contribution in [3.05, 3.63) is 210 Å². The first kappa shape index (κ1) is 33.4. The standard InChI is InChI=1S/C50H42O/c1-2-39-21-35-49(36-22-39)51-38-14-6-13-37-50(46-29-23-43(24-30-46)40-15-7-3-8-16-40,47-31-25-44(26-32-47)41-17-9-4-10-18-41)48-33-27-45(28-34-48)42-19-11-5-12-20-42/h1,3-5,7-12,15-36H,6,13-14,37-38H2. The Kier molecular flexibility index (Phi) is 10.5. The van der Waals surface area contributed by atoms with Gasteiger partial charge in [0.05, 0.1) is 6.61 Å². The van der Waals surface area contributed by atoms with Crippen molar-refractivity contribution >= 4 is 0 Å². The Bertz CT molecular complexity index is 1940. The number of hydrogen-bond donors (Lipinski definition) is 0. The molecule has 0 saturated heterocycles. The van der Waals surface area contributed by atoms with Gasteiger partial charge < -0.3 is 4.74 Å². The fourth-order valence-corrected chi connectivity index (χ4v) is 7.17. The molecule has 0 radical (unpaired) electrons. The fourth-order valence-electron chi connectivity index (χ4n) is 7.17. The van der Waals surface area contributed by atoms with E-state index >= 15 is 0 Å². The molecule has 0 aliphatic heterocycles. The van der Waals surface area contributed by atoms with Crippen LogP contribution in [0.3, 0.4) is 0 Å². The molecule has 0 N–H and O–H groups in total. The van der Waals surface area contributed by atoms with Crippen LogP contribution in [0, 0.1) is 12.3 Å². The van der Waals surface area contributed by atoms with Gasteiger partial charge in [0.2, 0.25) is 0 Å². The third-order valence-electron chi connectivity index (χ3n) is 9.94. The van der Waals surface area contributed by atoms with Crippen LogP contribution in [-0.4, -0.2) is 6.61 Å². The van der Waals surface area contributed by atoms with E-state index in [-0.39, 0.29) is 5.41 Å². The minimum absolute atomic E-state index is 0.356. The lowest BCUT2D eigenvalue weighted by molar-refractivity contribution is 0.303. The molecule has 0 bridgehead atoms. The molecule has 7 aromatic carbocycles. The molecule has 0 fully saturated rings. The van der Waals surface area contributed by atoms with E-state index in [0.717, 1.165) is 37.0 Å². The molecule has 1 heteroatoms. The average molecular weight is 659 g/mol. The van der Waals surface area contributed by atoms with Crippen molar-refractivity contribution in [2.75, 3.05) is 6.61 Å². The molecule has 0 heterocycles. The molecule has 7 rings (SSSR count). The molecule has 0 aliphatic rings. The number of hydrogen-bond acceptors (Lipinski definition) is 1. The number of benzene rings is 7. The summed E-state index contributed by atoms with van der Waals surface area (Å²) < 4.78 is 6.09. The summed E-state index contributed by atoms with van der Waals surface area (Å²) in [6, 6.07) is 67.5.